The van der Waals surface area contributed by atoms with E-state index < -0.39 is 0 Å². The molecule has 3 heterocycles. The summed E-state index contributed by atoms with van der Waals surface area (Å²) in [5, 5.41) is 11.8. The number of fused-ring (bicyclic) bond motifs is 1. The van der Waals surface area contributed by atoms with E-state index in [1.165, 1.54) is 4.70 Å². The van der Waals surface area contributed by atoms with Gasteiger partial charge in [-0.15, -0.1) is 0 Å². The average Bonchev–Trinajstić information content (AvgIpc) is 3.40. The number of hydrogen-bond acceptors (Lipinski definition) is 7. The van der Waals surface area contributed by atoms with Crippen LogP contribution >= 0.6 is 11.3 Å². The summed E-state index contributed by atoms with van der Waals surface area (Å²) < 4.78 is 6.13. The third-order valence-electron chi connectivity index (χ3n) is 4.83. The first kappa shape index (κ1) is 19.7. The minimum atomic E-state index is 0.706. The topological polar surface area (TPSA) is 81.8 Å². The van der Waals surface area contributed by atoms with Crippen LogP contribution in [0.2, 0.25) is 0 Å². The van der Waals surface area contributed by atoms with E-state index in [9.17, 15) is 0 Å². The molecule has 154 valence electrons. The second-order valence-corrected chi connectivity index (χ2v) is 7.93. The zero-order valence-corrected chi connectivity index (χ0v) is 17.5. The number of aromatic nitrogens is 2. The molecule has 3 aromatic rings. The van der Waals surface area contributed by atoms with Gasteiger partial charge in [-0.25, -0.2) is 4.98 Å². The van der Waals surface area contributed by atoms with Crippen molar-refractivity contribution in [2.45, 2.75) is 13.5 Å². The number of guanidine groups is 1. The SMILES string of the molecule is CCNC(=NCCNc1nc2ccccc2s1)N1CCN(Cc2ccon2)CC1. The van der Waals surface area contributed by atoms with Gasteiger partial charge in [-0.05, 0) is 19.1 Å². The molecule has 1 aliphatic heterocycles. The molecule has 1 aliphatic rings. The normalized spacial score (nSPS) is 15.8. The predicted molar refractivity (Wildman–Crippen MR) is 117 cm³/mol. The van der Waals surface area contributed by atoms with Crippen LogP contribution in [0.4, 0.5) is 5.13 Å². The molecule has 0 aliphatic carbocycles. The van der Waals surface area contributed by atoms with Crippen LogP contribution in [0, 0.1) is 0 Å². The van der Waals surface area contributed by atoms with Crippen molar-refractivity contribution in [2.75, 3.05) is 51.1 Å². The molecule has 0 radical (unpaired) electrons. The molecular weight excluding hydrogens is 386 g/mol. The van der Waals surface area contributed by atoms with Gasteiger partial charge in [-0.2, -0.15) is 0 Å². The lowest BCUT2D eigenvalue weighted by Crippen LogP contribution is -2.52. The Labute approximate surface area is 174 Å². The number of thiazole rings is 1. The van der Waals surface area contributed by atoms with Gasteiger partial charge in [-0.1, -0.05) is 28.6 Å². The van der Waals surface area contributed by atoms with E-state index in [0.29, 0.717) is 6.54 Å². The van der Waals surface area contributed by atoms with Crippen molar-refractivity contribution in [2.24, 2.45) is 4.99 Å². The van der Waals surface area contributed by atoms with Gasteiger partial charge in [0.25, 0.3) is 0 Å². The number of nitrogens with zero attached hydrogens (tertiary/aromatic N) is 5. The quantitative estimate of drug-likeness (QED) is 0.350. The van der Waals surface area contributed by atoms with Crippen molar-refractivity contribution < 1.29 is 4.52 Å². The van der Waals surface area contributed by atoms with Gasteiger partial charge in [0.05, 0.1) is 22.5 Å². The molecule has 4 rings (SSSR count). The summed E-state index contributed by atoms with van der Waals surface area (Å²) in [5.41, 5.74) is 2.03. The smallest absolute Gasteiger partial charge is 0.194 e. The van der Waals surface area contributed by atoms with Crippen molar-refractivity contribution in [1.29, 1.82) is 0 Å². The molecule has 9 heteroatoms. The molecule has 1 aromatic carbocycles. The molecule has 0 amide bonds. The van der Waals surface area contributed by atoms with Gasteiger partial charge in [0.15, 0.2) is 11.1 Å². The van der Waals surface area contributed by atoms with E-state index in [0.717, 1.165) is 68.1 Å². The molecular formula is C20H27N7OS. The van der Waals surface area contributed by atoms with Gasteiger partial charge in [0.1, 0.15) is 6.26 Å². The molecule has 8 nitrogen and oxygen atoms in total. The molecule has 1 fully saturated rings. The number of aliphatic imine (C=N–C) groups is 1. The second-order valence-electron chi connectivity index (χ2n) is 6.90. The number of rotatable bonds is 7. The largest absolute Gasteiger partial charge is 0.364 e. The third kappa shape index (κ3) is 5.24. The number of nitrogens with one attached hydrogen (secondary N) is 2. The van der Waals surface area contributed by atoms with Gasteiger partial charge in [0.2, 0.25) is 0 Å². The van der Waals surface area contributed by atoms with Crippen molar-refractivity contribution in [1.82, 2.24) is 25.3 Å². The Hall–Kier alpha value is -2.65. The lowest BCUT2D eigenvalue weighted by atomic mass is 10.3. The Morgan fingerprint density at radius 2 is 2.07 bits per heavy atom. The fourth-order valence-corrected chi connectivity index (χ4v) is 4.26. The Balaban J connectivity index is 1.26. The summed E-state index contributed by atoms with van der Waals surface area (Å²) >= 11 is 1.68. The standard InChI is InChI=1S/C20H27N7OS/c1-2-21-19(27-12-10-26(11-13-27)15-16-7-14-28-25-16)22-8-9-23-20-24-17-5-3-4-6-18(17)29-20/h3-7,14H,2,8-13,15H2,1H3,(H,21,22)(H,23,24). The van der Waals surface area contributed by atoms with Crippen molar-refractivity contribution in [3.63, 3.8) is 0 Å². The fourth-order valence-electron chi connectivity index (χ4n) is 3.36. The Kier molecular flexibility index (Phi) is 6.58. The zero-order chi connectivity index (χ0) is 19.9. The number of piperazine rings is 1. The van der Waals surface area contributed by atoms with Crippen molar-refractivity contribution in [3.8, 4) is 0 Å². The molecule has 0 unspecified atom stereocenters. The lowest BCUT2D eigenvalue weighted by molar-refractivity contribution is 0.169. The van der Waals surface area contributed by atoms with Crippen LogP contribution in [-0.4, -0.2) is 71.7 Å². The van der Waals surface area contributed by atoms with Crippen LogP contribution in [-0.2, 0) is 6.54 Å². The van der Waals surface area contributed by atoms with Crippen LogP contribution in [0.15, 0.2) is 46.1 Å². The van der Waals surface area contributed by atoms with Gasteiger partial charge < -0.3 is 20.1 Å². The van der Waals surface area contributed by atoms with Crippen molar-refractivity contribution in [3.05, 3.63) is 42.3 Å². The monoisotopic (exact) mass is 413 g/mol. The highest BCUT2D eigenvalue weighted by molar-refractivity contribution is 7.22. The highest BCUT2D eigenvalue weighted by atomic mass is 32.1. The number of hydrogen-bond donors (Lipinski definition) is 2. The molecule has 0 bridgehead atoms. The molecule has 0 spiro atoms. The van der Waals surface area contributed by atoms with Crippen LogP contribution in [0.3, 0.4) is 0 Å². The summed E-state index contributed by atoms with van der Waals surface area (Å²) in [6.45, 7) is 9.16. The Morgan fingerprint density at radius 1 is 1.21 bits per heavy atom. The van der Waals surface area contributed by atoms with E-state index >= 15 is 0 Å². The van der Waals surface area contributed by atoms with E-state index in [4.69, 9.17) is 9.52 Å². The van der Waals surface area contributed by atoms with Crippen LogP contribution in [0.5, 0.6) is 0 Å². The van der Waals surface area contributed by atoms with Crippen molar-refractivity contribution >= 4 is 32.6 Å². The summed E-state index contributed by atoms with van der Waals surface area (Å²) in [5.74, 6) is 0.986. The first-order valence-corrected chi connectivity index (χ1v) is 10.9. The Morgan fingerprint density at radius 3 is 2.83 bits per heavy atom. The molecule has 0 atom stereocenters. The maximum Gasteiger partial charge on any atom is 0.194 e. The van der Waals surface area contributed by atoms with Gasteiger partial charge in [-0.3, -0.25) is 9.89 Å². The maximum atomic E-state index is 4.93. The lowest BCUT2D eigenvalue weighted by Gasteiger charge is -2.36. The minimum Gasteiger partial charge on any atom is -0.364 e. The van der Waals surface area contributed by atoms with Crippen LogP contribution in [0.1, 0.15) is 12.6 Å². The number of para-hydroxylation sites is 1. The first-order valence-electron chi connectivity index (χ1n) is 10.1. The zero-order valence-electron chi connectivity index (χ0n) is 16.7. The molecule has 2 N–H and O–H groups in total. The Bertz CT molecular complexity index is 883. The average molecular weight is 414 g/mol. The maximum absolute atomic E-state index is 4.93. The van der Waals surface area contributed by atoms with Gasteiger partial charge >= 0.3 is 0 Å². The predicted octanol–water partition coefficient (Wildman–Crippen LogP) is 2.48. The minimum absolute atomic E-state index is 0.706. The van der Waals surface area contributed by atoms with Crippen LogP contribution < -0.4 is 10.6 Å². The van der Waals surface area contributed by atoms with E-state index in [1.54, 1.807) is 17.6 Å². The number of benzene rings is 1. The van der Waals surface area contributed by atoms with E-state index in [2.05, 4.69) is 43.6 Å². The van der Waals surface area contributed by atoms with Crippen LogP contribution in [0.25, 0.3) is 10.2 Å². The molecule has 0 saturated carbocycles. The van der Waals surface area contributed by atoms with E-state index in [1.807, 2.05) is 24.3 Å². The number of anilines is 1. The molecule has 29 heavy (non-hydrogen) atoms. The molecule has 2 aromatic heterocycles. The van der Waals surface area contributed by atoms with Gasteiger partial charge in [0, 0.05) is 51.9 Å². The summed E-state index contributed by atoms with van der Waals surface area (Å²) in [7, 11) is 0. The highest BCUT2D eigenvalue weighted by Gasteiger charge is 2.20. The third-order valence-corrected chi connectivity index (χ3v) is 5.82. The second kappa shape index (κ2) is 9.71. The fraction of sp³-hybridized carbons (Fsp3) is 0.450. The van der Waals surface area contributed by atoms with E-state index in [-0.39, 0.29) is 0 Å². The first-order chi connectivity index (χ1) is 14.3. The molecule has 1 saturated heterocycles. The summed E-state index contributed by atoms with van der Waals surface area (Å²) in [6.07, 6.45) is 1.63. The summed E-state index contributed by atoms with van der Waals surface area (Å²) in [6, 6.07) is 10.1. The highest BCUT2D eigenvalue weighted by Crippen LogP contribution is 2.24. The summed E-state index contributed by atoms with van der Waals surface area (Å²) in [4.78, 5) is 14.1.